The number of aromatic hydroxyl groups is 3. The first-order valence-corrected chi connectivity index (χ1v) is 40.8. The normalized spacial score (nSPS) is 23.3. The monoisotopic (exact) mass is 1670 g/mol. The van der Waals surface area contributed by atoms with E-state index in [1.54, 1.807) is 52.1 Å². The van der Waals surface area contributed by atoms with Crippen LogP contribution in [0.2, 0.25) is 0 Å². The molecule has 0 saturated heterocycles. The third-order valence-electron chi connectivity index (χ3n) is 19.5. The maximum Gasteiger partial charge on any atom is 0.303 e. The molecule has 0 fully saturated rings. The van der Waals surface area contributed by atoms with Gasteiger partial charge in [-0.1, -0.05) is 107 Å². The van der Waals surface area contributed by atoms with Gasteiger partial charge in [-0.25, -0.2) is 4.98 Å². The molecule has 632 valence electrons. The number of rotatable bonds is 18. The van der Waals surface area contributed by atoms with Crippen LogP contribution in [0.5, 0.6) is 17.2 Å². The average Bonchev–Trinajstić information content (AvgIpc) is 1.54. The summed E-state index contributed by atoms with van der Waals surface area (Å²) in [6.07, 6.45) is -0.112. The predicted octanol–water partition coefficient (Wildman–Crippen LogP) is 1.08. The van der Waals surface area contributed by atoms with Gasteiger partial charge in [0.05, 0.1) is 24.2 Å². The van der Waals surface area contributed by atoms with Crippen LogP contribution in [0.1, 0.15) is 125 Å². The minimum atomic E-state index is -1.91. The first-order chi connectivity index (χ1) is 56.1. The molecule has 2 aliphatic rings. The van der Waals surface area contributed by atoms with E-state index in [1.807, 2.05) is 24.3 Å². The number of hydrogen-bond donors (Lipinski definition) is 19. The first kappa shape index (κ1) is 91.6. The number of fused-ring (bicyclic) bond motifs is 3. The van der Waals surface area contributed by atoms with E-state index in [0.29, 0.717) is 57.1 Å². The Morgan fingerprint density at radius 2 is 0.966 bits per heavy atom. The smallest absolute Gasteiger partial charge is 0.303 e. The number of aliphatic hydroxyl groups excluding tert-OH is 2. The van der Waals surface area contributed by atoms with Gasteiger partial charge in [0.25, 0.3) is 0 Å². The van der Waals surface area contributed by atoms with Gasteiger partial charge < -0.3 is 99.8 Å². The van der Waals surface area contributed by atoms with Crippen LogP contribution < -0.4 is 64.2 Å². The summed E-state index contributed by atoms with van der Waals surface area (Å²) in [7, 11) is 0. The number of nitrogens with two attached hydrogens (primary N) is 1. The molecule has 6 aromatic rings. The largest absolute Gasteiger partial charge is 0.508 e. The van der Waals surface area contributed by atoms with Crippen LogP contribution in [0, 0.1) is 5.41 Å². The molecule has 2 bridgehead atoms. The van der Waals surface area contributed by atoms with E-state index in [2.05, 4.69) is 73.4 Å². The number of carboxylic acids is 1. The van der Waals surface area contributed by atoms with Crippen LogP contribution in [0.15, 0.2) is 134 Å². The quantitative estimate of drug-likeness (QED) is 0.0572. The summed E-state index contributed by atoms with van der Waals surface area (Å²) in [5, 5.41) is 92.2. The molecule has 0 radical (unpaired) electrons. The Hall–Kier alpha value is -11.9. The van der Waals surface area contributed by atoms with Crippen molar-refractivity contribution >= 4 is 106 Å². The lowest BCUT2D eigenvalue weighted by Crippen LogP contribution is -2.63. The van der Waals surface area contributed by atoms with Crippen molar-refractivity contribution in [2.24, 2.45) is 11.1 Å². The maximum atomic E-state index is 15.1. The number of benzene rings is 4. The van der Waals surface area contributed by atoms with Gasteiger partial charge >= 0.3 is 5.97 Å². The van der Waals surface area contributed by atoms with Crippen molar-refractivity contribution in [1.29, 1.82) is 0 Å². The average molecular weight is 1670 g/mol. The number of amides is 12. The summed E-state index contributed by atoms with van der Waals surface area (Å²) >= 11 is 2.64. The second kappa shape index (κ2) is 43.9. The number of imidazole rings is 1. The highest BCUT2D eigenvalue weighted by Gasteiger charge is 2.41. The molecule has 34 nitrogen and oxygen atoms in total. The van der Waals surface area contributed by atoms with Crippen molar-refractivity contribution in [3.8, 4) is 17.2 Å². The number of phenolic OH excluding ortho intramolecular Hbond substituents is 3. The Morgan fingerprint density at radius 3 is 1.43 bits per heavy atom. The summed E-state index contributed by atoms with van der Waals surface area (Å²) in [6, 6.07) is 9.56. The lowest BCUT2D eigenvalue weighted by atomic mass is 9.85. The van der Waals surface area contributed by atoms with E-state index < -0.39 is 180 Å². The van der Waals surface area contributed by atoms with Crippen molar-refractivity contribution < 1.29 is 93.0 Å². The Kier molecular flexibility index (Phi) is 34.1. The maximum absolute atomic E-state index is 15.1. The van der Waals surface area contributed by atoms with Crippen LogP contribution in [-0.4, -0.2) is 213 Å². The molecule has 2 aromatic heterocycles. The fraction of sp³-hybridized carbons (Fsp3) is 0.427. The molecule has 36 heteroatoms. The van der Waals surface area contributed by atoms with Crippen LogP contribution in [0.3, 0.4) is 0 Å². The lowest BCUT2D eigenvalue weighted by Gasteiger charge is -2.32. The van der Waals surface area contributed by atoms with Crippen LogP contribution >= 0.6 is 23.5 Å². The zero-order valence-electron chi connectivity index (χ0n) is 66.1. The number of nitrogens with zero attached hydrogens (tertiary/aromatic N) is 2. The van der Waals surface area contributed by atoms with Crippen LogP contribution in [-0.2, 0) is 106 Å². The number of allylic oxidation sites excluding steroid dienone is 1. The van der Waals surface area contributed by atoms with Crippen molar-refractivity contribution in [2.75, 3.05) is 11.5 Å². The van der Waals surface area contributed by atoms with Gasteiger partial charge in [0.1, 0.15) is 83.7 Å². The number of H-pyrrole nitrogens is 1. The SMILES string of the molecule is CCC[C@@H]1NC(=O)[C@H](CC2=CCc3ncccc32)NC(=O)[C@H]([C@@H](C)O)NC(=O)[C@H](Cc2cnc[nH]2)NC(=O)[C@H](Cc2ccc(O)cc2)NC(=O)[C@H](C(C)(C)C)NC(=O)CCSCc2cccc(c2)CSC[C@@H](C(N)=O)NC(=O)[C@H]([C@@H](C)O)NC(=O)[C@H](Cc2ccc(O)cc2)NC(=O)[C@H](Cc2ccc(O)cc2)NC(=O)[C@H](CCC(=O)O)NC1=O. The van der Waals surface area contributed by atoms with E-state index >= 15 is 9.59 Å². The number of primary amides is 1. The van der Waals surface area contributed by atoms with E-state index in [4.69, 9.17) is 5.73 Å². The summed E-state index contributed by atoms with van der Waals surface area (Å²) in [5.41, 5.74) is 9.66. The van der Waals surface area contributed by atoms with Crippen LogP contribution in [0.4, 0.5) is 0 Å². The Labute approximate surface area is 689 Å². The lowest BCUT2D eigenvalue weighted by molar-refractivity contribution is -0.139. The molecule has 0 saturated carbocycles. The van der Waals surface area contributed by atoms with E-state index in [-0.39, 0.29) is 73.7 Å². The highest BCUT2D eigenvalue weighted by atomic mass is 32.2. The molecule has 1 aliphatic carbocycles. The Bertz CT molecular complexity index is 4550. The Balaban J connectivity index is 1.15. The van der Waals surface area contributed by atoms with E-state index in [1.165, 1.54) is 123 Å². The van der Waals surface area contributed by atoms with Crippen molar-refractivity contribution in [1.82, 2.24) is 73.4 Å². The third kappa shape index (κ3) is 28.2. The zero-order chi connectivity index (χ0) is 85.9. The fourth-order valence-electron chi connectivity index (χ4n) is 13.0. The summed E-state index contributed by atoms with van der Waals surface area (Å²) < 4.78 is 0. The number of thioether (sulfide) groups is 2. The topological polar surface area (TPSA) is 543 Å². The number of carbonyl (C=O) groups is 13. The number of aromatic nitrogens is 3. The highest BCUT2D eigenvalue weighted by molar-refractivity contribution is 7.98. The third-order valence-corrected chi connectivity index (χ3v) is 21.6. The molecule has 12 amide bonds. The number of hydrogen-bond acceptors (Lipinski definition) is 22. The zero-order valence-corrected chi connectivity index (χ0v) is 67.7. The predicted molar refractivity (Wildman–Crippen MR) is 437 cm³/mol. The number of pyridine rings is 1. The highest BCUT2D eigenvalue weighted by Crippen LogP contribution is 2.30. The van der Waals surface area contributed by atoms with Gasteiger partial charge in [0.15, 0.2) is 0 Å². The molecule has 3 heterocycles. The molecule has 20 N–H and O–H groups in total. The molecule has 0 unspecified atom stereocenters. The molecule has 0 spiro atoms. The number of carboxylic acid groups (broad SMARTS) is 1. The fourth-order valence-corrected chi connectivity index (χ4v) is 14.9. The number of aliphatic carboxylic acids is 1. The van der Waals surface area contributed by atoms with Gasteiger partial charge in [-0.05, 0) is 114 Å². The summed E-state index contributed by atoms with van der Waals surface area (Å²) in [4.78, 5) is 199. The van der Waals surface area contributed by atoms with Crippen molar-refractivity contribution in [3.05, 3.63) is 179 Å². The van der Waals surface area contributed by atoms with Crippen molar-refractivity contribution in [2.45, 2.75) is 202 Å². The minimum Gasteiger partial charge on any atom is -0.508 e. The van der Waals surface area contributed by atoms with E-state index in [9.17, 15) is 83.4 Å². The van der Waals surface area contributed by atoms with Gasteiger partial charge in [-0.3, -0.25) is 67.3 Å². The molecule has 118 heavy (non-hydrogen) atoms. The number of phenols is 3. The molecular weight excluding hydrogens is 1560 g/mol. The van der Waals surface area contributed by atoms with E-state index in [0.717, 1.165) is 11.1 Å². The standard InChI is InChI=1S/C82H103N15O19S2/c1-7-10-58-72(107)88-59(28-29-67(104)105)73(108)89-60(34-46-14-21-53(100)22-15-46)74(109)90-62(36-48-18-25-55(102)26-19-48)77(112)96-69(45(3)99)80(115)94-65(71(83)106)42-118-41-50-12-8-11-49(33-50)40-117-32-30-66(103)95-70(82(4,5)6)81(116)93-61(35-47-16-23-54(101)24-17-47)75(110)91-64(38-52-39-84-43-86-52)78(113)97-68(44(2)98)79(114)92-63(76(111)87-58)37-51-20-27-57-56(51)13-9-31-85-57/h8-9,11-26,31,33,39,43-45,58-65,68-70,98-102H,7,10,27-30,32,34-38,40-42H2,1-6H3,(H2,83,106)(H,84,86)(H,87,111)(H,88,107)(H,89,108)(H,90,109)(H,91,110)(H,92,114)(H,93,116)(H,94,115)(H,95,103)(H,96,112)(H,97,113)(H,104,105)/t44-,45-,58+,59+,60+,61+,62+,63+,64+,65+,68+,69+,70-/m1/s1. The second-order valence-corrected chi connectivity index (χ2v) is 32.2. The molecule has 8 rings (SSSR count). The Morgan fingerprint density at radius 1 is 0.525 bits per heavy atom. The number of carbonyl (C=O) groups excluding carboxylic acids is 12. The second-order valence-electron chi connectivity index (χ2n) is 30.1. The first-order valence-electron chi connectivity index (χ1n) is 38.5. The van der Waals surface area contributed by atoms with Gasteiger partial charge in [0.2, 0.25) is 70.9 Å². The summed E-state index contributed by atoms with van der Waals surface area (Å²) in [5.74, 6) is -12.7. The number of nitrogens with one attached hydrogen (secondary N) is 12. The van der Waals surface area contributed by atoms with Gasteiger partial charge in [0, 0.05) is 92.5 Å². The van der Waals surface area contributed by atoms with Gasteiger partial charge in [-0.15, -0.1) is 0 Å². The summed E-state index contributed by atoms with van der Waals surface area (Å²) in [6.45, 7) is 9.14. The van der Waals surface area contributed by atoms with Crippen LogP contribution in [0.25, 0.3) is 5.57 Å². The molecular formula is C82H103N15O19S2. The number of aliphatic hydroxyl groups is 2. The minimum absolute atomic E-state index is 0.0516. The number of aromatic amines is 1. The molecule has 13 atom stereocenters. The molecule has 4 aromatic carbocycles. The molecule has 1 aliphatic heterocycles. The van der Waals surface area contributed by atoms with Gasteiger partial charge in [-0.2, -0.15) is 23.5 Å². The van der Waals surface area contributed by atoms with Crippen molar-refractivity contribution in [3.63, 3.8) is 0 Å².